The van der Waals surface area contributed by atoms with Crippen molar-refractivity contribution in [1.29, 1.82) is 0 Å². The molecule has 236 valence electrons. The summed E-state index contributed by atoms with van der Waals surface area (Å²) in [7, 11) is -1.91. The van der Waals surface area contributed by atoms with Gasteiger partial charge in [0.15, 0.2) is 14.1 Å². The summed E-state index contributed by atoms with van der Waals surface area (Å²) in [5, 5.41) is 15.5. The Morgan fingerprint density at radius 2 is 1.77 bits per heavy atom. The maximum Gasteiger partial charge on any atom is 0.192 e. The first kappa shape index (κ1) is 32.8. The van der Waals surface area contributed by atoms with Gasteiger partial charge in [-0.2, -0.15) is 5.10 Å². The third kappa shape index (κ3) is 7.11. The molecule has 1 unspecified atom stereocenters. The number of fused-ring (bicyclic) bond motifs is 1. The van der Waals surface area contributed by atoms with E-state index >= 15 is 0 Å². The van der Waals surface area contributed by atoms with Gasteiger partial charge in [0.2, 0.25) is 0 Å². The lowest BCUT2D eigenvalue weighted by Crippen LogP contribution is -2.46. The van der Waals surface area contributed by atoms with Crippen LogP contribution < -0.4 is 4.72 Å². The molecule has 0 saturated heterocycles. The van der Waals surface area contributed by atoms with Crippen LogP contribution in [0.15, 0.2) is 60.8 Å². The van der Waals surface area contributed by atoms with Crippen LogP contribution in [0, 0.1) is 11.8 Å². The quantitative estimate of drug-likeness (QED) is 0.141. The van der Waals surface area contributed by atoms with Crippen LogP contribution in [0.25, 0.3) is 28.0 Å². The number of hydrogen-bond acceptors (Lipinski definition) is 7. The van der Waals surface area contributed by atoms with E-state index in [1.165, 1.54) is 0 Å². The van der Waals surface area contributed by atoms with Crippen molar-refractivity contribution in [2.24, 2.45) is 11.8 Å². The van der Waals surface area contributed by atoms with Gasteiger partial charge in [-0.15, -0.1) is 4.72 Å². The fourth-order valence-electron chi connectivity index (χ4n) is 5.18. The van der Waals surface area contributed by atoms with Crippen molar-refractivity contribution in [2.75, 3.05) is 6.61 Å². The summed E-state index contributed by atoms with van der Waals surface area (Å²) >= 11 is -1.25. The Morgan fingerprint density at radius 1 is 1.05 bits per heavy atom. The van der Waals surface area contributed by atoms with Crippen molar-refractivity contribution >= 4 is 30.6 Å². The number of rotatable bonds is 10. The molecule has 1 saturated carbocycles. The van der Waals surface area contributed by atoms with Crippen LogP contribution in [0.5, 0.6) is 0 Å². The molecule has 0 aliphatic heterocycles. The van der Waals surface area contributed by atoms with Gasteiger partial charge in [-0.25, -0.2) is 9.67 Å². The van der Waals surface area contributed by atoms with Crippen molar-refractivity contribution in [2.45, 2.75) is 89.9 Å². The summed E-state index contributed by atoms with van der Waals surface area (Å²) in [5.74, 6) is 1.31. The van der Waals surface area contributed by atoms with Crippen LogP contribution in [-0.2, 0) is 22.4 Å². The summed E-state index contributed by atoms with van der Waals surface area (Å²) in [6.07, 6.45) is 3.64. The summed E-state index contributed by atoms with van der Waals surface area (Å²) in [6.45, 7) is 17.8. The van der Waals surface area contributed by atoms with Gasteiger partial charge < -0.3 is 14.1 Å². The lowest BCUT2D eigenvalue weighted by Gasteiger charge is -2.40. The first-order valence-corrected chi connectivity index (χ1v) is 19.6. The second kappa shape index (κ2) is 12.7. The van der Waals surface area contributed by atoms with E-state index in [-0.39, 0.29) is 23.6 Å². The summed E-state index contributed by atoms with van der Waals surface area (Å²) in [4.78, 5) is 10.0. The van der Waals surface area contributed by atoms with Gasteiger partial charge >= 0.3 is 0 Å². The predicted octanol–water partition coefficient (Wildman–Crippen LogP) is 7.12. The molecule has 3 heterocycles. The second-order valence-corrected chi connectivity index (χ2v) is 21.4. The van der Waals surface area contributed by atoms with E-state index in [4.69, 9.17) is 14.4 Å². The first-order chi connectivity index (χ1) is 20.7. The maximum absolute atomic E-state index is 13.1. The lowest BCUT2D eigenvalue weighted by atomic mass is 9.71. The Bertz CT molecular complexity index is 1590. The Balaban J connectivity index is 1.43. The normalized spacial score (nSPS) is 19.1. The van der Waals surface area contributed by atoms with Crippen molar-refractivity contribution in [3.8, 4) is 17.1 Å². The number of nitrogens with one attached hydrogen (secondary N) is 1. The SMILES string of the molecule is CC(C)(C)[S+]([O-])N[C@@H](c1cccc(-c2ccc3cnn(-c4cccc(CO[Si](C)(C)C(C)(C)C)n4)c3c2)n1)C1CC(CO)C1. The highest BCUT2D eigenvalue weighted by atomic mass is 32.2. The summed E-state index contributed by atoms with van der Waals surface area (Å²) in [5.41, 5.74) is 4.50. The molecule has 0 spiro atoms. The van der Waals surface area contributed by atoms with Gasteiger partial charge in [0, 0.05) is 28.9 Å². The molecule has 2 atom stereocenters. The number of aliphatic hydroxyl groups excluding tert-OH is 1. The zero-order chi connectivity index (χ0) is 31.9. The van der Waals surface area contributed by atoms with Crippen LogP contribution in [0.1, 0.15) is 71.8 Å². The number of pyridine rings is 2. The van der Waals surface area contributed by atoms with E-state index in [2.05, 4.69) is 61.9 Å². The molecule has 3 aromatic heterocycles. The van der Waals surface area contributed by atoms with Crippen LogP contribution in [0.3, 0.4) is 0 Å². The average molecular weight is 634 g/mol. The van der Waals surface area contributed by atoms with Gasteiger partial charge in [0.1, 0.15) is 4.75 Å². The van der Waals surface area contributed by atoms with Crippen LogP contribution in [0.4, 0.5) is 0 Å². The van der Waals surface area contributed by atoms with E-state index in [0.29, 0.717) is 12.5 Å². The van der Waals surface area contributed by atoms with Crippen LogP contribution in [0.2, 0.25) is 18.1 Å². The summed E-state index contributed by atoms with van der Waals surface area (Å²) in [6, 6.07) is 18.1. The Labute approximate surface area is 266 Å². The minimum atomic E-state index is -1.91. The van der Waals surface area contributed by atoms with E-state index in [1.54, 1.807) is 0 Å². The molecule has 0 radical (unpaired) electrons. The Hall–Kier alpha value is -2.60. The predicted molar refractivity (Wildman–Crippen MR) is 181 cm³/mol. The Kier molecular flexibility index (Phi) is 9.43. The topological polar surface area (TPSA) is 108 Å². The van der Waals surface area contributed by atoms with Gasteiger partial charge in [0.25, 0.3) is 0 Å². The summed E-state index contributed by atoms with van der Waals surface area (Å²) < 4.78 is 24.4. The largest absolute Gasteiger partial charge is 0.598 e. The molecule has 0 amide bonds. The lowest BCUT2D eigenvalue weighted by molar-refractivity contribution is 0.0866. The molecular weight excluding hydrogens is 587 g/mol. The molecule has 5 rings (SSSR count). The van der Waals surface area contributed by atoms with Crippen molar-refractivity contribution in [3.63, 3.8) is 0 Å². The molecule has 8 nitrogen and oxygen atoms in total. The molecule has 1 fully saturated rings. The standard InChI is InChI=1S/C34H47N5O3SSi/c1-33(2,3)43(41)38-32(26-17-23(18-26)21-40)29-13-10-12-28(37-29)24-15-16-25-20-35-39(30(25)19-24)31-14-9-11-27(36-31)22-42-44(7,8)34(4,5)6/h9-16,19-20,23,26,32,38,40H,17-18,21-22H2,1-8H3/t23?,26?,32-,43?/m1/s1. The number of aromatic nitrogens is 4. The molecule has 4 aromatic rings. The van der Waals surface area contributed by atoms with Crippen molar-refractivity contribution in [3.05, 3.63) is 72.2 Å². The smallest absolute Gasteiger partial charge is 0.192 e. The molecule has 10 heteroatoms. The Morgan fingerprint density at radius 3 is 2.45 bits per heavy atom. The number of nitrogens with zero attached hydrogens (tertiary/aromatic N) is 4. The second-order valence-electron chi connectivity index (χ2n) is 14.6. The highest BCUT2D eigenvalue weighted by Crippen LogP contribution is 2.43. The number of benzene rings is 1. The molecular formula is C34H47N5O3SSi. The number of hydrogen-bond donors (Lipinski definition) is 2. The highest BCUT2D eigenvalue weighted by molar-refractivity contribution is 7.90. The molecule has 1 aromatic carbocycles. The minimum Gasteiger partial charge on any atom is -0.598 e. The van der Waals surface area contributed by atoms with Gasteiger partial charge in [0.05, 0.1) is 41.4 Å². The minimum absolute atomic E-state index is 0.129. The fraction of sp³-hybridized carbons (Fsp3) is 0.500. The molecule has 0 bridgehead atoms. The van der Waals surface area contributed by atoms with Crippen molar-refractivity contribution in [1.82, 2.24) is 24.5 Å². The van der Waals surface area contributed by atoms with Crippen molar-refractivity contribution < 1.29 is 14.1 Å². The third-order valence-electron chi connectivity index (χ3n) is 9.14. The first-order valence-electron chi connectivity index (χ1n) is 15.5. The molecule has 1 aliphatic rings. The zero-order valence-electron chi connectivity index (χ0n) is 27.3. The van der Waals surface area contributed by atoms with Crippen LogP contribution >= 0.6 is 0 Å². The van der Waals surface area contributed by atoms with E-state index < -0.39 is 24.4 Å². The van der Waals surface area contributed by atoms with Crippen LogP contribution in [-0.4, -0.2) is 49.1 Å². The molecule has 2 N–H and O–H groups in total. The number of aliphatic hydroxyl groups is 1. The maximum atomic E-state index is 13.1. The molecule has 44 heavy (non-hydrogen) atoms. The van der Waals surface area contributed by atoms with E-state index in [1.807, 2.05) is 68.0 Å². The monoisotopic (exact) mass is 633 g/mol. The highest BCUT2D eigenvalue weighted by Gasteiger charge is 2.40. The average Bonchev–Trinajstić information content (AvgIpc) is 3.37. The van der Waals surface area contributed by atoms with Gasteiger partial charge in [-0.05, 0) is 93.9 Å². The fourth-order valence-corrected chi connectivity index (χ4v) is 7.02. The third-order valence-corrected chi connectivity index (χ3v) is 15.2. The zero-order valence-corrected chi connectivity index (χ0v) is 29.1. The van der Waals surface area contributed by atoms with Gasteiger partial charge in [-0.1, -0.05) is 45.0 Å². The van der Waals surface area contributed by atoms with E-state index in [9.17, 15) is 9.66 Å². The van der Waals surface area contributed by atoms with E-state index in [0.717, 1.165) is 52.2 Å². The molecule has 1 aliphatic carbocycles. The van der Waals surface area contributed by atoms with Gasteiger partial charge in [-0.3, -0.25) is 4.98 Å².